The lowest BCUT2D eigenvalue weighted by Crippen LogP contribution is -2.51. The fourth-order valence-corrected chi connectivity index (χ4v) is 3.10. The maximum absolute atomic E-state index is 9.45. The number of aliphatic hydroxyl groups is 1. The lowest BCUT2D eigenvalue weighted by atomic mass is 9.69. The van der Waals surface area contributed by atoms with E-state index < -0.39 is 0 Å². The van der Waals surface area contributed by atoms with Crippen molar-refractivity contribution in [3.05, 3.63) is 0 Å². The molecule has 0 spiro atoms. The van der Waals surface area contributed by atoms with Crippen LogP contribution in [0, 0.1) is 17.3 Å². The second-order valence-electron chi connectivity index (χ2n) is 7.06. The van der Waals surface area contributed by atoms with Crippen molar-refractivity contribution < 1.29 is 5.11 Å². The number of hydrogen-bond acceptors (Lipinski definition) is 2. The normalized spacial score (nSPS) is 28.4. The van der Waals surface area contributed by atoms with Gasteiger partial charge in [-0.2, -0.15) is 0 Å². The molecule has 0 amide bonds. The minimum Gasteiger partial charge on any atom is -0.395 e. The molecule has 0 radical (unpaired) electrons. The summed E-state index contributed by atoms with van der Waals surface area (Å²) in [6, 6.07) is 0.839. The fourth-order valence-electron chi connectivity index (χ4n) is 3.10. The molecule has 102 valence electrons. The maximum atomic E-state index is 9.45. The van der Waals surface area contributed by atoms with Gasteiger partial charge in [0.15, 0.2) is 0 Å². The molecule has 2 heteroatoms. The Hall–Kier alpha value is -0.0800. The van der Waals surface area contributed by atoms with Crippen molar-refractivity contribution in [3.63, 3.8) is 0 Å². The van der Waals surface area contributed by atoms with Crippen molar-refractivity contribution in [2.24, 2.45) is 17.3 Å². The van der Waals surface area contributed by atoms with Crippen LogP contribution in [0.3, 0.4) is 0 Å². The van der Waals surface area contributed by atoms with E-state index in [0.29, 0.717) is 17.4 Å². The predicted octanol–water partition coefficient (Wildman–Crippen LogP) is 3.20. The van der Waals surface area contributed by atoms with Gasteiger partial charge in [0.2, 0.25) is 0 Å². The standard InChI is InChI=1S/C15H31NO/c1-11(2)14(10-17)16-13-9-7-6-8-12(13)15(3,4)5/h11-14,16-17H,6-10H2,1-5H3/t12?,13?,14-/m1/s1. The first-order valence-corrected chi connectivity index (χ1v) is 7.23. The topological polar surface area (TPSA) is 32.3 Å². The largest absolute Gasteiger partial charge is 0.395 e. The summed E-state index contributed by atoms with van der Waals surface area (Å²) in [5.41, 5.74) is 0.370. The second-order valence-corrected chi connectivity index (χ2v) is 7.06. The van der Waals surface area contributed by atoms with Crippen molar-refractivity contribution >= 4 is 0 Å². The number of aliphatic hydroxyl groups excluding tert-OH is 1. The van der Waals surface area contributed by atoms with E-state index in [2.05, 4.69) is 39.9 Å². The van der Waals surface area contributed by atoms with Crippen LogP contribution in [0.4, 0.5) is 0 Å². The van der Waals surface area contributed by atoms with Gasteiger partial charge in [-0.25, -0.2) is 0 Å². The van der Waals surface area contributed by atoms with Crippen LogP contribution in [0.1, 0.15) is 60.3 Å². The average molecular weight is 241 g/mol. The van der Waals surface area contributed by atoms with Gasteiger partial charge in [0.05, 0.1) is 6.61 Å². The molecule has 0 aliphatic heterocycles. The summed E-state index contributed by atoms with van der Waals surface area (Å²) in [4.78, 5) is 0. The van der Waals surface area contributed by atoms with Gasteiger partial charge in [0.25, 0.3) is 0 Å². The van der Waals surface area contributed by atoms with E-state index in [-0.39, 0.29) is 12.6 Å². The third kappa shape index (κ3) is 4.26. The summed E-state index contributed by atoms with van der Waals surface area (Å²) >= 11 is 0. The molecular weight excluding hydrogens is 210 g/mol. The van der Waals surface area contributed by atoms with E-state index in [1.165, 1.54) is 25.7 Å². The van der Waals surface area contributed by atoms with Crippen LogP contribution in [-0.2, 0) is 0 Å². The Bertz CT molecular complexity index is 219. The quantitative estimate of drug-likeness (QED) is 0.792. The molecule has 0 heterocycles. The minimum atomic E-state index is 0.253. The van der Waals surface area contributed by atoms with Crippen molar-refractivity contribution in [3.8, 4) is 0 Å². The predicted molar refractivity (Wildman–Crippen MR) is 74.0 cm³/mol. The van der Waals surface area contributed by atoms with Gasteiger partial charge in [0, 0.05) is 12.1 Å². The van der Waals surface area contributed by atoms with E-state index in [9.17, 15) is 5.11 Å². The molecule has 0 aromatic heterocycles. The third-order valence-corrected chi connectivity index (χ3v) is 4.31. The van der Waals surface area contributed by atoms with Crippen LogP contribution in [0.25, 0.3) is 0 Å². The van der Waals surface area contributed by atoms with Crippen LogP contribution >= 0.6 is 0 Å². The Kier molecular flexibility index (Phi) is 5.46. The Morgan fingerprint density at radius 2 is 1.76 bits per heavy atom. The number of hydrogen-bond donors (Lipinski definition) is 2. The van der Waals surface area contributed by atoms with E-state index in [1.807, 2.05) is 0 Å². The Morgan fingerprint density at radius 3 is 2.24 bits per heavy atom. The monoisotopic (exact) mass is 241 g/mol. The van der Waals surface area contributed by atoms with Gasteiger partial charge in [0.1, 0.15) is 0 Å². The van der Waals surface area contributed by atoms with Crippen LogP contribution in [-0.4, -0.2) is 23.8 Å². The highest BCUT2D eigenvalue weighted by Crippen LogP contribution is 2.38. The molecule has 2 nitrogen and oxygen atoms in total. The summed E-state index contributed by atoms with van der Waals surface area (Å²) in [5.74, 6) is 1.24. The highest BCUT2D eigenvalue weighted by atomic mass is 16.3. The van der Waals surface area contributed by atoms with Gasteiger partial charge in [-0.05, 0) is 30.1 Å². The Labute approximate surface area is 107 Å². The van der Waals surface area contributed by atoms with Crippen molar-refractivity contribution in [1.82, 2.24) is 5.32 Å². The molecule has 2 N–H and O–H groups in total. The van der Waals surface area contributed by atoms with Gasteiger partial charge >= 0.3 is 0 Å². The highest BCUT2D eigenvalue weighted by Gasteiger charge is 2.35. The molecule has 1 saturated carbocycles. The molecule has 3 atom stereocenters. The smallest absolute Gasteiger partial charge is 0.0587 e. The second kappa shape index (κ2) is 6.19. The Morgan fingerprint density at radius 1 is 1.18 bits per heavy atom. The molecule has 0 aromatic carbocycles. The van der Waals surface area contributed by atoms with Crippen LogP contribution in [0.2, 0.25) is 0 Å². The van der Waals surface area contributed by atoms with Gasteiger partial charge in [-0.1, -0.05) is 47.5 Å². The molecule has 0 bridgehead atoms. The lowest BCUT2D eigenvalue weighted by molar-refractivity contribution is 0.102. The molecule has 1 aliphatic carbocycles. The zero-order valence-electron chi connectivity index (χ0n) is 12.3. The number of nitrogens with one attached hydrogen (secondary N) is 1. The molecule has 1 aliphatic rings. The SMILES string of the molecule is CC(C)[C@@H](CO)NC1CCCCC1C(C)(C)C. The Balaban J connectivity index is 2.65. The van der Waals surface area contributed by atoms with E-state index in [0.717, 1.165) is 5.92 Å². The summed E-state index contributed by atoms with van der Waals surface area (Å²) in [5, 5.41) is 13.2. The molecular formula is C15H31NO. The molecule has 0 saturated heterocycles. The maximum Gasteiger partial charge on any atom is 0.0587 e. The molecule has 1 rings (SSSR count). The summed E-state index contributed by atoms with van der Waals surface area (Å²) in [6.45, 7) is 11.7. The van der Waals surface area contributed by atoms with Crippen LogP contribution in [0.5, 0.6) is 0 Å². The van der Waals surface area contributed by atoms with Crippen molar-refractivity contribution in [1.29, 1.82) is 0 Å². The zero-order chi connectivity index (χ0) is 13.1. The van der Waals surface area contributed by atoms with Gasteiger partial charge in [-0.15, -0.1) is 0 Å². The van der Waals surface area contributed by atoms with E-state index in [1.54, 1.807) is 0 Å². The summed E-state index contributed by atoms with van der Waals surface area (Å²) < 4.78 is 0. The van der Waals surface area contributed by atoms with Crippen molar-refractivity contribution in [2.45, 2.75) is 72.4 Å². The molecule has 0 aromatic rings. The fraction of sp³-hybridized carbons (Fsp3) is 1.00. The van der Waals surface area contributed by atoms with Gasteiger partial charge < -0.3 is 10.4 Å². The first-order chi connectivity index (χ1) is 7.86. The number of rotatable bonds is 4. The molecule has 17 heavy (non-hydrogen) atoms. The minimum absolute atomic E-state index is 0.253. The molecule has 2 unspecified atom stereocenters. The van der Waals surface area contributed by atoms with Crippen molar-refractivity contribution in [2.75, 3.05) is 6.61 Å². The van der Waals surface area contributed by atoms with Crippen LogP contribution < -0.4 is 5.32 Å². The average Bonchev–Trinajstić information content (AvgIpc) is 2.24. The van der Waals surface area contributed by atoms with Gasteiger partial charge in [-0.3, -0.25) is 0 Å². The van der Waals surface area contributed by atoms with Crippen LogP contribution in [0.15, 0.2) is 0 Å². The molecule has 1 fully saturated rings. The first kappa shape index (κ1) is 15.0. The zero-order valence-corrected chi connectivity index (χ0v) is 12.3. The van der Waals surface area contributed by atoms with E-state index >= 15 is 0 Å². The first-order valence-electron chi connectivity index (χ1n) is 7.23. The highest BCUT2D eigenvalue weighted by molar-refractivity contribution is 4.90. The third-order valence-electron chi connectivity index (χ3n) is 4.31. The summed E-state index contributed by atoms with van der Waals surface area (Å²) in [7, 11) is 0. The summed E-state index contributed by atoms with van der Waals surface area (Å²) in [6.07, 6.45) is 5.30. The lowest BCUT2D eigenvalue weighted by Gasteiger charge is -2.43. The van der Waals surface area contributed by atoms with E-state index in [4.69, 9.17) is 0 Å².